The maximum atomic E-state index is 9.68. The Morgan fingerprint density at radius 2 is 2.00 bits per heavy atom. The molecule has 0 atom stereocenters. The summed E-state index contributed by atoms with van der Waals surface area (Å²) in [5.41, 5.74) is 2.93. The Bertz CT molecular complexity index is 400. The van der Waals surface area contributed by atoms with E-state index < -0.39 is 0 Å². The van der Waals surface area contributed by atoms with E-state index in [1.54, 1.807) is 0 Å². The van der Waals surface area contributed by atoms with Crippen LogP contribution in [0.1, 0.15) is 49.1 Å². The minimum atomic E-state index is 0.0862. The van der Waals surface area contributed by atoms with E-state index in [9.17, 15) is 5.11 Å². The third-order valence-corrected chi connectivity index (χ3v) is 4.92. The standard InChI is InChI=1S/C16H23NO/c18-12-16(7-2-8-16)15-4-1-3-14(11-15)13-5-9-17-10-6-13/h1,3-4,11,13,17-18H,2,5-10,12H2. The second-order valence-corrected chi connectivity index (χ2v) is 5.94. The average Bonchev–Trinajstić information content (AvgIpc) is 2.40. The predicted molar refractivity (Wildman–Crippen MR) is 73.9 cm³/mol. The van der Waals surface area contributed by atoms with Gasteiger partial charge in [0.15, 0.2) is 0 Å². The van der Waals surface area contributed by atoms with Gasteiger partial charge >= 0.3 is 0 Å². The van der Waals surface area contributed by atoms with Gasteiger partial charge in [0.25, 0.3) is 0 Å². The first-order chi connectivity index (χ1) is 8.84. The molecule has 1 aromatic carbocycles. The van der Waals surface area contributed by atoms with Crippen LogP contribution in [0.4, 0.5) is 0 Å². The molecule has 1 aliphatic heterocycles. The quantitative estimate of drug-likeness (QED) is 0.858. The molecule has 18 heavy (non-hydrogen) atoms. The van der Waals surface area contributed by atoms with Crippen LogP contribution in [0.2, 0.25) is 0 Å². The summed E-state index contributed by atoms with van der Waals surface area (Å²) in [6.45, 7) is 2.59. The summed E-state index contributed by atoms with van der Waals surface area (Å²) in [5, 5.41) is 13.1. The zero-order valence-electron chi connectivity index (χ0n) is 11.0. The fourth-order valence-corrected chi connectivity index (χ4v) is 3.42. The molecule has 0 bridgehead atoms. The molecule has 1 aliphatic carbocycles. The van der Waals surface area contributed by atoms with Crippen molar-refractivity contribution < 1.29 is 5.11 Å². The summed E-state index contributed by atoms with van der Waals surface area (Å²) in [6, 6.07) is 9.02. The van der Waals surface area contributed by atoms with Gasteiger partial charge < -0.3 is 10.4 Å². The first-order valence-corrected chi connectivity index (χ1v) is 7.26. The molecule has 1 saturated heterocycles. The molecular formula is C16H23NO. The maximum Gasteiger partial charge on any atom is 0.0527 e. The fourth-order valence-electron chi connectivity index (χ4n) is 3.42. The van der Waals surface area contributed by atoms with Gasteiger partial charge in [0, 0.05) is 5.41 Å². The molecule has 0 unspecified atom stereocenters. The molecule has 0 amide bonds. The number of hydrogen-bond acceptors (Lipinski definition) is 2. The van der Waals surface area contributed by atoms with Gasteiger partial charge in [-0.05, 0) is 55.8 Å². The average molecular weight is 245 g/mol. The minimum absolute atomic E-state index is 0.0862. The van der Waals surface area contributed by atoms with Crippen LogP contribution in [0, 0.1) is 0 Å². The number of hydrogen-bond donors (Lipinski definition) is 2. The first kappa shape index (κ1) is 12.2. The summed E-state index contributed by atoms with van der Waals surface area (Å²) in [6.07, 6.45) is 6.06. The minimum Gasteiger partial charge on any atom is -0.395 e. The Balaban J connectivity index is 1.84. The normalized spacial score (nSPS) is 23.6. The number of benzene rings is 1. The molecule has 1 heterocycles. The molecule has 2 fully saturated rings. The molecule has 1 saturated carbocycles. The Hall–Kier alpha value is -0.860. The number of aliphatic hydroxyl groups is 1. The highest BCUT2D eigenvalue weighted by Crippen LogP contribution is 2.44. The number of aliphatic hydroxyl groups excluding tert-OH is 1. The highest BCUT2D eigenvalue weighted by Gasteiger charge is 2.38. The lowest BCUT2D eigenvalue weighted by atomic mass is 9.64. The molecular weight excluding hydrogens is 222 g/mol. The van der Waals surface area contributed by atoms with Gasteiger partial charge in [-0.1, -0.05) is 30.7 Å². The van der Waals surface area contributed by atoms with Gasteiger partial charge in [0.05, 0.1) is 6.61 Å². The highest BCUT2D eigenvalue weighted by atomic mass is 16.3. The largest absolute Gasteiger partial charge is 0.395 e. The lowest BCUT2D eigenvalue weighted by molar-refractivity contribution is 0.120. The van der Waals surface area contributed by atoms with Gasteiger partial charge in [-0.3, -0.25) is 0 Å². The second-order valence-electron chi connectivity index (χ2n) is 5.94. The summed E-state index contributed by atoms with van der Waals surface area (Å²) in [5.74, 6) is 0.710. The Kier molecular flexibility index (Phi) is 3.40. The smallest absolute Gasteiger partial charge is 0.0527 e. The lowest BCUT2D eigenvalue weighted by Crippen LogP contribution is -2.38. The van der Waals surface area contributed by atoms with Crippen LogP contribution in [0.3, 0.4) is 0 Å². The van der Waals surface area contributed by atoms with E-state index in [4.69, 9.17) is 0 Å². The maximum absolute atomic E-state index is 9.68. The van der Waals surface area contributed by atoms with Crippen molar-refractivity contribution in [2.24, 2.45) is 0 Å². The predicted octanol–water partition coefficient (Wildman–Crippen LogP) is 2.57. The SMILES string of the molecule is OCC1(c2cccc(C3CCNCC3)c2)CCC1. The van der Waals surface area contributed by atoms with Crippen LogP contribution in [0.15, 0.2) is 24.3 Å². The summed E-state index contributed by atoms with van der Waals surface area (Å²) in [7, 11) is 0. The molecule has 98 valence electrons. The van der Waals surface area contributed by atoms with Crippen molar-refractivity contribution in [1.82, 2.24) is 5.32 Å². The molecule has 2 heteroatoms. The zero-order valence-corrected chi connectivity index (χ0v) is 11.0. The topological polar surface area (TPSA) is 32.3 Å². The Labute approximate surface area is 109 Å². The fraction of sp³-hybridized carbons (Fsp3) is 0.625. The van der Waals surface area contributed by atoms with Crippen LogP contribution in [0.25, 0.3) is 0 Å². The molecule has 0 aromatic heterocycles. The monoisotopic (exact) mass is 245 g/mol. The Morgan fingerprint density at radius 1 is 1.22 bits per heavy atom. The van der Waals surface area contributed by atoms with Crippen LogP contribution in [0.5, 0.6) is 0 Å². The van der Waals surface area contributed by atoms with Gasteiger partial charge in [0.1, 0.15) is 0 Å². The van der Waals surface area contributed by atoms with E-state index in [-0.39, 0.29) is 5.41 Å². The number of rotatable bonds is 3. The second kappa shape index (κ2) is 5.02. The van der Waals surface area contributed by atoms with E-state index in [1.165, 1.54) is 30.4 Å². The molecule has 2 aliphatic rings. The van der Waals surface area contributed by atoms with Crippen LogP contribution >= 0.6 is 0 Å². The molecule has 2 nitrogen and oxygen atoms in total. The first-order valence-electron chi connectivity index (χ1n) is 7.26. The van der Waals surface area contributed by atoms with Crippen LogP contribution in [-0.4, -0.2) is 24.8 Å². The van der Waals surface area contributed by atoms with Gasteiger partial charge in [0.2, 0.25) is 0 Å². The Morgan fingerprint density at radius 3 is 2.61 bits per heavy atom. The molecule has 2 N–H and O–H groups in total. The summed E-state index contributed by atoms with van der Waals surface area (Å²) in [4.78, 5) is 0. The van der Waals surface area contributed by atoms with Crippen molar-refractivity contribution in [3.8, 4) is 0 Å². The number of piperidine rings is 1. The van der Waals surface area contributed by atoms with Crippen molar-refractivity contribution in [3.05, 3.63) is 35.4 Å². The number of nitrogens with one attached hydrogen (secondary N) is 1. The van der Waals surface area contributed by atoms with Gasteiger partial charge in [-0.15, -0.1) is 0 Å². The molecule has 1 aromatic rings. The third-order valence-electron chi connectivity index (χ3n) is 4.92. The van der Waals surface area contributed by atoms with Crippen LogP contribution in [-0.2, 0) is 5.41 Å². The van der Waals surface area contributed by atoms with Gasteiger partial charge in [-0.2, -0.15) is 0 Å². The van der Waals surface area contributed by atoms with E-state index in [0.717, 1.165) is 25.9 Å². The van der Waals surface area contributed by atoms with Crippen molar-refractivity contribution in [2.45, 2.75) is 43.4 Å². The van der Waals surface area contributed by atoms with Gasteiger partial charge in [-0.25, -0.2) is 0 Å². The zero-order chi connectivity index (χ0) is 12.4. The van der Waals surface area contributed by atoms with E-state index >= 15 is 0 Å². The summed E-state index contributed by atoms with van der Waals surface area (Å²) < 4.78 is 0. The van der Waals surface area contributed by atoms with Crippen molar-refractivity contribution >= 4 is 0 Å². The molecule has 0 spiro atoms. The third kappa shape index (κ3) is 2.08. The van der Waals surface area contributed by atoms with Crippen LogP contribution < -0.4 is 5.32 Å². The van der Waals surface area contributed by atoms with E-state index in [0.29, 0.717) is 12.5 Å². The van der Waals surface area contributed by atoms with Crippen molar-refractivity contribution in [3.63, 3.8) is 0 Å². The van der Waals surface area contributed by atoms with Crippen molar-refractivity contribution in [2.75, 3.05) is 19.7 Å². The molecule has 0 radical (unpaired) electrons. The van der Waals surface area contributed by atoms with E-state index in [2.05, 4.69) is 29.6 Å². The highest BCUT2D eigenvalue weighted by molar-refractivity contribution is 5.34. The summed E-state index contributed by atoms with van der Waals surface area (Å²) >= 11 is 0. The lowest BCUT2D eigenvalue weighted by Gasteiger charge is -2.41. The molecule has 3 rings (SSSR count). The van der Waals surface area contributed by atoms with E-state index in [1.807, 2.05) is 0 Å². The van der Waals surface area contributed by atoms with Crippen molar-refractivity contribution in [1.29, 1.82) is 0 Å².